The molecule has 7 nitrogen and oxygen atoms in total. The third-order valence-corrected chi connectivity index (χ3v) is 6.77. The predicted molar refractivity (Wildman–Crippen MR) is 101 cm³/mol. The van der Waals surface area contributed by atoms with Crippen LogP contribution in [0.5, 0.6) is 0 Å². The number of aromatic nitrogens is 2. The summed E-state index contributed by atoms with van der Waals surface area (Å²) in [6, 6.07) is 8.13. The summed E-state index contributed by atoms with van der Waals surface area (Å²) in [7, 11) is -0.273. The maximum atomic E-state index is 12.1. The van der Waals surface area contributed by atoms with Gasteiger partial charge in [-0.3, -0.25) is 4.90 Å². The van der Waals surface area contributed by atoms with Crippen LogP contribution in [-0.4, -0.2) is 71.6 Å². The summed E-state index contributed by atoms with van der Waals surface area (Å²) in [5, 5.41) is 14.6. The smallest absolute Gasteiger partial charge is 0.214 e. The minimum absolute atomic E-state index is 0.0275. The second kappa shape index (κ2) is 7.48. The molecule has 1 fully saturated rings. The normalized spacial score (nSPS) is 21.6. The van der Waals surface area contributed by atoms with E-state index in [4.69, 9.17) is 0 Å². The minimum atomic E-state index is -3.32. The van der Waals surface area contributed by atoms with E-state index in [-0.39, 0.29) is 11.7 Å². The Balaban J connectivity index is 1.63. The van der Waals surface area contributed by atoms with Crippen molar-refractivity contribution in [2.24, 2.45) is 5.92 Å². The molecule has 2 aromatic rings. The Kier molecular flexibility index (Phi) is 5.47. The first-order chi connectivity index (χ1) is 12.2. The zero-order valence-electron chi connectivity index (χ0n) is 15.4. The van der Waals surface area contributed by atoms with Gasteiger partial charge >= 0.3 is 0 Å². The lowest BCUT2D eigenvalue weighted by Crippen LogP contribution is -2.33. The number of aryl methyl sites for hydroxylation is 1. The van der Waals surface area contributed by atoms with Crippen molar-refractivity contribution in [2.75, 3.05) is 32.9 Å². The Labute approximate surface area is 154 Å². The van der Waals surface area contributed by atoms with E-state index in [1.165, 1.54) is 24.0 Å². The zero-order chi connectivity index (χ0) is 18.9. The van der Waals surface area contributed by atoms with Crippen molar-refractivity contribution in [2.45, 2.75) is 19.6 Å². The molecule has 26 heavy (non-hydrogen) atoms. The predicted octanol–water partition coefficient (Wildman–Crippen LogP) is 0.865. The molecule has 2 heterocycles. The number of rotatable bonds is 6. The summed E-state index contributed by atoms with van der Waals surface area (Å²) < 4.78 is 27.2. The van der Waals surface area contributed by atoms with Crippen LogP contribution in [0, 0.1) is 12.8 Å². The van der Waals surface area contributed by atoms with E-state index in [9.17, 15) is 13.5 Å². The van der Waals surface area contributed by atoms with Gasteiger partial charge in [-0.15, -0.1) is 0 Å². The molecule has 0 aliphatic carbocycles. The highest BCUT2D eigenvalue weighted by molar-refractivity contribution is 7.89. The lowest BCUT2D eigenvalue weighted by molar-refractivity contribution is 0.148. The number of hydrogen-bond donors (Lipinski definition) is 1. The molecule has 2 atom stereocenters. The van der Waals surface area contributed by atoms with Crippen LogP contribution in [0.15, 0.2) is 36.7 Å². The molecule has 0 bridgehead atoms. The van der Waals surface area contributed by atoms with Gasteiger partial charge in [0.1, 0.15) is 0 Å². The molecule has 142 valence electrons. The van der Waals surface area contributed by atoms with Crippen LogP contribution in [0.3, 0.4) is 0 Å². The molecule has 1 aliphatic heterocycles. The van der Waals surface area contributed by atoms with Crippen LogP contribution in [0.4, 0.5) is 0 Å². The fraction of sp³-hybridized carbons (Fsp3) is 0.500. The van der Waals surface area contributed by atoms with Crippen LogP contribution < -0.4 is 0 Å². The van der Waals surface area contributed by atoms with Gasteiger partial charge < -0.3 is 5.11 Å². The van der Waals surface area contributed by atoms with E-state index >= 15 is 0 Å². The van der Waals surface area contributed by atoms with Crippen LogP contribution in [0.25, 0.3) is 5.69 Å². The molecule has 0 spiro atoms. The summed E-state index contributed by atoms with van der Waals surface area (Å²) in [5.41, 5.74) is 3.23. The number of likely N-dealkylation sites (tertiary alicyclic amines) is 1. The third-order valence-electron chi connectivity index (χ3n) is 4.80. The number of nitrogens with zero attached hydrogens (tertiary/aromatic N) is 4. The molecule has 0 amide bonds. The standard InChI is InChI=1S/C18H26N4O3S/c1-14-4-6-17(7-5-14)22-10-15(8-19-22)9-21-11-16(18(23)12-21)13-26(24,25)20(2)3/h4-8,10,16,18,23H,9,11-13H2,1-3H3/t16-,18+/m0/s1. The van der Waals surface area contributed by atoms with Crippen molar-refractivity contribution in [3.05, 3.63) is 47.8 Å². The van der Waals surface area contributed by atoms with Crippen molar-refractivity contribution < 1.29 is 13.5 Å². The molecule has 8 heteroatoms. The van der Waals surface area contributed by atoms with Gasteiger partial charge in [0.2, 0.25) is 10.0 Å². The van der Waals surface area contributed by atoms with Gasteiger partial charge in [0.25, 0.3) is 0 Å². The molecular weight excluding hydrogens is 352 g/mol. The number of aliphatic hydroxyl groups excluding tert-OH is 1. The summed E-state index contributed by atoms with van der Waals surface area (Å²) >= 11 is 0. The van der Waals surface area contributed by atoms with Gasteiger partial charge in [-0.25, -0.2) is 17.4 Å². The Morgan fingerprint density at radius 2 is 1.92 bits per heavy atom. The van der Waals surface area contributed by atoms with E-state index in [0.717, 1.165) is 11.3 Å². The number of aliphatic hydroxyl groups is 1. The molecule has 1 aliphatic rings. The third kappa shape index (κ3) is 4.32. The van der Waals surface area contributed by atoms with Crippen molar-refractivity contribution in [1.29, 1.82) is 0 Å². The van der Waals surface area contributed by atoms with E-state index in [1.54, 1.807) is 0 Å². The topological polar surface area (TPSA) is 78.7 Å². The molecule has 3 rings (SSSR count). The van der Waals surface area contributed by atoms with Crippen molar-refractivity contribution in [3.63, 3.8) is 0 Å². The van der Waals surface area contributed by atoms with E-state index in [1.807, 2.05) is 48.3 Å². The Hall–Kier alpha value is -1.74. The molecule has 1 saturated heterocycles. The minimum Gasteiger partial charge on any atom is -0.391 e. The average molecular weight is 378 g/mol. The first kappa shape index (κ1) is 19.0. The van der Waals surface area contributed by atoms with E-state index in [0.29, 0.717) is 19.6 Å². The van der Waals surface area contributed by atoms with Crippen LogP contribution in [-0.2, 0) is 16.6 Å². The summed E-state index contributed by atoms with van der Waals surface area (Å²) in [6.07, 6.45) is 3.16. The zero-order valence-corrected chi connectivity index (χ0v) is 16.2. The number of hydrogen-bond acceptors (Lipinski definition) is 5. The van der Waals surface area contributed by atoms with Crippen molar-refractivity contribution in [3.8, 4) is 5.69 Å². The lowest BCUT2D eigenvalue weighted by atomic mass is 10.1. The summed E-state index contributed by atoms with van der Waals surface area (Å²) in [6.45, 7) is 3.72. The van der Waals surface area contributed by atoms with Gasteiger partial charge in [0.05, 0.1) is 23.7 Å². The highest BCUT2D eigenvalue weighted by Gasteiger charge is 2.35. The van der Waals surface area contributed by atoms with E-state index < -0.39 is 16.1 Å². The van der Waals surface area contributed by atoms with E-state index in [2.05, 4.69) is 10.00 Å². The second-order valence-electron chi connectivity index (χ2n) is 7.21. The molecule has 1 N–H and O–H groups in total. The maximum absolute atomic E-state index is 12.1. The SMILES string of the molecule is Cc1ccc(-n2cc(CN3C[C@@H](CS(=O)(=O)N(C)C)[C@H](O)C3)cn2)cc1. The largest absolute Gasteiger partial charge is 0.391 e. The number of benzene rings is 1. The number of sulfonamides is 1. The van der Waals surface area contributed by atoms with Crippen molar-refractivity contribution >= 4 is 10.0 Å². The Morgan fingerprint density at radius 3 is 2.58 bits per heavy atom. The molecule has 1 aromatic carbocycles. The molecule has 1 aromatic heterocycles. The maximum Gasteiger partial charge on any atom is 0.214 e. The van der Waals surface area contributed by atoms with Gasteiger partial charge in [-0.05, 0) is 19.1 Å². The van der Waals surface area contributed by atoms with Gasteiger partial charge in [0.15, 0.2) is 0 Å². The Bertz CT molecular complexity index is 846. The molecular formula is C18H26N4O3S. The fourth-order valence-electron chi connectivity index (χ4n) is 3.19. The van der Waals surface area contributed by atoms with Crippen molar-refractivity contribution in [1.82, 2.24) is 19.0 Å². The lowest BCUT2D eigenvalue weighted by Gasteiger charge is -2.17. The quantitative estimate of drug-likeness (QED) is 0.807. The average Bonchev–Trinajstić information content (AvgIpc) is 3.15. The summed E-state index contributed by atoms with van der Waals surface area (Å²) in [5.74, 6) is -0.296. The Morgan fingerprint density at radius 1 is 1.23 bits per heavy atom. The fourth-order valence-corrected chi connectivity index (χ4v) is 4.36. The summed E-state index contributed by atoms with van der Waals surface area (Å²) in [4.78, 5) is 2.08. The van der Waals surface area contributed by atoms with Gasteiger partial charge in [-0.1, -0.05) is 17.7 Å². The van der Waals surface area contributed by atoms with Crippen LogP contribution >= 0.6 is 0 Å². The number of β-amino-alcohol motifs (C(OH)–C–C–N with tert-alkyl or cyclic N) is 1. The van der Waals surface area contributed by atoms with Gasteiger partial charge in [-0.2, -0.15) is 5.10 Å². The highest BCUT2D eigenvalue weighted by Crippen LogP contribution is 2.22. The first-order valence-electron chi connectivity index (χ1n) is 8.66. The second-order valence-corrected chi connectivity index (χ2v) is 9.44. The molecule has 0 saturated carbocycles. The van der Waals surface area contributed by atoms with Crippen LogP contribution in [0.2, 0.25) is 0 Å². The molecule has 0 unspecified atom stereocenters. The first-order valence-corrected chi connectivity index (χ1v) is 10.3. The molecule has 0 radical (unpaired) electrons. The van der Waals surface area contributed by atoms with Gasteiger partial charge in [0, 0.05) is 51.4 Å². The monoisotopic (exact) mass is 378 g/mol. The highest BCUT2D eigenvalue weighted by atomic mass is 32.2. The van der Waals surface area contributed by atoms with Crippen LogP contribution in [0.1, 0.15) is 11.1 Å².